The van der Waals surface area contributed by atoms with Crippen molar-refractivity contribution < 1.29 is 22.8 Å². The highest BCUT2D eigenvalue weighted by molar-refractivity contribution is 5.96. The fraction of sp³-hybridized carbons (Fsp3) is 0.409. The third kappa shape index (κ3) is 4.50. The van der Waals surface area contributed by atoms with Crippen molar-refractivity contribution >= 4 is 29.0 Å². The Labute approximate surface area is 178 Å². The van der Waals surface area contributed by atoms with Crippen LogP contribution in [0.4, 0.5) is 30.4 Å². The molecule has 1 N–H and O–H groups in total. The van der Waals surface area contributed by atoms with Gasteiger partial charge in [0, 0.05) is 50.0 Å². The van der Waals surface area contributed by atoms with Crippen LogP contribution < -0.4 is 15.1 Å². The Morgan fingerprint density at radius 2 is 1.84 bits per heavy atom. The van der Waals surface area contributed by atoms with Crippen LogP contribution in [0.2, 0.25) is 0 Å². The van der Waals surface area contributed by atoms with E-state index < -0.39 is 11.7 Å². The number of benzene rings is 1. The van der Waals surface area contributed by atoms with Crippen LogP contribution in [-0.4, -0.2) is 36.4 Å². The van der Waals surface area contributed by atoms with Crippen molar-refractivity contribution in [1.82, 2.24) is 4.98 Å². The van der Waals surface area contributed by atoms with Gasteiger partial charge in [0.25, 0.3) is 0 Å². The summed E-state index contributed by atoms with van der Waals surface area (Å²) < 4.78 is 38.1. The molecule has 1 saturated heterocycles. The van der Waals surface area contributed by atoms with Gasteiger partial charge in [0.05, 0.1) is 5.56 Å². The number of hydrogen-bond acceptors (Lipinski definition) is 4. The summed E-state index contributed by atoms with van der Waals surface area (Å²) >= 11 is 0. The van der Waals surface area contributed by atoms with Gasteiger partial charge in [-0.1, -0.05) is 0 Å². The van der Waals surface area contributed by atoms with Crippen molar-refractivity contribution in [2.75, 3.05) is 34.8 Å². The zero-order chi connectivity index (χ0) is 22.2. The molecule has 0 radical (unpaired) electrons. The molecule has 3 heterocycles. The Kier molecular flexibility index (Phi) is 5.60. The maximum atomic E-state index is 12.7. The van der Waals surface area contributed by atoms with Crippen molar-refractivity contribution in [3.05, 3.63) is 47.7 Å². The van der Waals surface area contributed by atoms with Crippen molar-refractivity contribution in [3.8, 4) is 0 Å². The monoisotopic (exact) mass is 432 g/mol. The summed E-state index contributed by atoms with van der Waals surface area (Å²) in [6, 6.07) is 7.98. The van der Waals surface area contributed by atoms with Gasteiger partial charge in [-0.3, -0.25) is 9.59 Å². The van der Waals surface area contributed by atoms with E-state index in [4.69, 9.17) is 0 Å². The largest absolute Gasteiger partial charge is 0.417 e. The van der Waals surface area contributed by atoms with Crippen molar-refractivity contribution in [2.24, 2.45) is 5.92 Å². The summed E-state index contributed by atoms with van der Waals surface area (Å²) in [6.07, 6.45) is -1.61. The van der Waals surface area contributed by atoms with E-state index in [0.717, 1.165) is 29.9 Å². The van der Waals surface area contributed by atoms with Gasteiger partial charge in [-0.25, -0.2) is 4.98 Å². The van der Waals surface area contributed by atoms with Crippen LogP contribution in [0.5, 0.6) is 0 Å². The number of piperidine rings is 1. The molecule has 0 unspecified atom stereocenters. The average molecular weight is 432 g/mol. The molecule has 1 aromatic heterocycles. The van der Waals surface area contributed by atoms with Crippen LogP contribution in [0.15, 0.2) is 36.5 Å². The van der Waals surface area contributed by atoms with Gasteiger partial charge in [0.2, 0.25) is 11.8 Å². The van der Waals surface area contributed by atoms with E-state index in [9.17, 15) is 22.8 Å². The van der Waals surface area contributed by atoms with E-state index in [0.29, 0.717) is 44.0 Å². The minimum Gasteiger partial charge on any atom is -0.357 e. The Balaban J connectivity index is 1.33. The van der Waals surface area contributed by atoms with Gasteiger partial charge in [-0.15, -0.1) is 0 Å². The van der Waals surface area contributed by atoms with Gasteiger partial charge in [0.15, 0.2) is 0 Å². The summed E-state index contributed by atoms with van der Waals surface area (Å²) in [5.74, 6) is 0.249. The Hall–Kier alpha value is -3.10. The molecule has 1 fully saturated rings. The summed E-state index contributed by atoms with van der Waals surface area (Å²) in [5, 5.41) is 2.96. The molecule has 2 aliphatic rings. The molecule has 2 amide bonds. The number of pyridine rings is 1. The average Bonchev–Trinajstić information content (AvgIpc) is 3.17. The quantitative estimate of drug-likeness (QED) is 0.800. The van der Waals surface area contributed by atoms with Crippen LogP contribution in [0.1, 0.15) is 30.9 Å². The number of nitrogens with zero attached hydrogens (tertiary/aromatic N) is 3. The third-order valence-corrected chi connectivity index (χ3v) is 5.89. The molecule has 2 aromatic rings. The fourth-order valence-corrected chi connectivity index (χ4v) is 4.16. The Morgan fingerprint density at radius 3 is 2.45 bits per heavy atom. The third-order valence-electron chi connectivity index (χ3n) is 5.89. The number of amides is 2. The van der Waals surface area contributed by atoms with Crippen molar-refractivity contribution in [3.63, 3.8) is 0 Å². The topological polar surface area (TPSA) is 65.5 Å². The Morgan fingerprint density at radius 1 is 1.10 bits per heavy atom. The van der Waals surface area contributed by atoms with Gasteiger partial charge < -0.3 is 15.1 Å². The number of carbonyl (C=O) groups excluding carboxylic acids is 2. The maximum Gasteiger partial charge on any atom is 0.417 e. The van der Waals surface area contributed by atoms with E-state index in [-0.39, 0.29) is 17.7 Å². The number of alkyl halides is 3. The zero-order valence-corrected chi connectivity index (χ0v) is 17.1. The number of rotatable bonds is 3. The summed E-state index contributed by atoms with van der Waals surface area (Å²) in [5.41, 5.74) is 1.87. The molecule has 31 heavy (non-hydrogen) atoms. The minimum atomic E-state index is -4.40. The van der Waals surface area contributed by atoms with E-state index in [1.54, 1.807) is 11.0 Å². The first-order chi connectivity index (χ1) is 14.7. The van der Waals surface area contributed by atoms with E-state index in [1.807, 2.05) is 17.0 Å². The maximum absolute atomic E-state index is 12.7. The lowest BCUT2D eigenvalue weighted by Gasteiger charge is -2.32. The van der Waals surface area contributed by atoms with Crippen LogP contribution >= 0.6 is 0 Å². The predicted molar refractivity (Wildman–Crippen MR) is 111 cm³/mol. The molecule has 0 spiro atoms. The first-order valence-electron chi connectivity index (χ1n) is 10.2. The standard InChI is InChI=1S/C22H23F3N4O2/c1-14(30)29-11-8-16-12-18(3-4-19(16)29)27-21(31)15-6-9-28(10-7-15)20-5-2-17(13-26-20)22(23,24)25/h2-5,12-13,15H,6-11H2,1H3,(H,27,31). The molecule has 0 bridgehead atoms. The van der Waals surface area contributed by atoms with Crippen LogP contribution in [0.25, 0.3) is 0 Å². The summed E-state index contributed by atoms with van der Waals surface area (Å²) in [4.78, 5) is 31.9. The van der Waals surface area contributed by atoms with Gasteiger partial charge >= 0.3 is 6.18 Å². The molecular formula is C22H23F3N4O2. The van der Waals surface area contributed by atoms with E-state index >= 15 is 0 Å². The number of fused-ring (bicyclic) bond motifs is 1. The van der Waals surface area contributed by atoms with Gasteiger partial charge in [-0.05, 0) is 55.2 Å². The second-order valence-corrected chi connectivity index (χ2v) is 7.92. The van der Waals surface area contributed by atoms with Crippen molar-refractivity contribution in [2.45, 2.75) is 32.4 Å². The zero-order valence-electron chi connectivity index (χ0n) is 17.1. The molecule has 0 aliphatic carbocycles. The number of nitrogens with one attached hydrogen (secondary N) is 1. The molecule has 1 aromatic carbocycles. The number of anilines is 3. The molecular weight excluding hydrogens is 409 g/mol. The Bertz CT molecular complexity index is 983. The van der Waals surface area contributed by atoms with Crippen LogP contribution in [0, 0.1) is 5.92 Å². The molecule has 0 saturated carbocycles. The normalized spacial score (nSPS) is 16.9. The van der Waals surface area contributed by atoms with Crippen LogP contribution in [-0.2, 0) is 22.2 Å². The molecule has 2 aliphatic heterocycles. The highest BCUT2D eigenvalue weighted by atomic mass is 19.4. The second kappa shape index (κ2) is 8.20. The molecule has 6 nitrogen and oxygen atoms in total. The predicted octanol–water partition coefficient (Wildman–Crippen LogP) is 3.86. The number of carbonyl (C=O) groups is 2. The summed E-state index contributed by atoms with van der Waals surface area (Å²) in [7, 11) is 0. The summed E-state index contributed by atoms with van der Waals surface area (Å²) in [6.45, 7) is 3.29. The lowest BCUT2D eigenvalue weighted by Crippen LogP contribution is -2.38. The number of aromatic nitrogens is 1. The first kappa shape index (κ1) is 21.1. The number of hydrogen-bond donors (Lipinski definition) is 1. The van der Waals surface area contributed by atoms with Gasteiger partial charge in [0.1, 0.15) is 5.82 Å². The lowest BCUT2D eigenvalue weighted by atomic mass is 9.95. The molecule has 0 atom stereocenters. The SMILES string of the molecule is CC(=O)N1CCc2cc(NC(=O)C3CCN(c4ccc(C(F)(F)F)cn4)CC3)ccc21. The minimum absolute atomic E-state index is 0.00447. The van der Waals surface area contributed by atoms with E-state index in [2.05, 4.69) is 10.3 Å². The second-order valence-electron chi connectivity index (χ2n) is 7.92. The molecule has 9 heteroatoms. The smallest absolute Gasteiger partial charge is 0.357 e. The van der Waals surface area contributed by atoms with Crippen molar-refractivity contribution in [1.29, 1.82) is 0 Å². The van der Waals surface area contributed by atoms with Gasteiger partial charge in [-0.2, -0.15) is 13.2 Å². The molecule has 164 valence electrons. The number of halogens is 3. The van der Waals surface area contributed by atoms with Crippen LogP contribution in [0.3, 0.4) is 0 Å². The highest BCUT2D eigenvalue weighted by Crippen LogP contribution is 2.32. The fourth-order valence-electron chi connectivity index (χ4n) is 4.16. The van der Waals surface area contributed by atoms with E-state index in [1.165, 1.54) is 13.0 Å². The highest BCUT2D eigenvalue weighted by Gasteiger charge is 2.31. The molecule has 4 rings (SSSR count). The first-order valence-corrected chi connectivity index (χ1v) is 10.2. The lowest BCUT2D eigenvalue weighted by molar-refractivity contribution is -0.137.